The Labute approximate surface area is 124 Å². The maximum Gasteiger partial charge on any atom is 0.201 e. The van der Waals surface area contributed by atoms with Crippen LogP contribution in [0.25, 0.3) is 11.3 Å². The highest BCUT2D eigenvalue weighted by Gasteiger charge is 2.20. The van der Waals surface area contributed by atoms with Crippen LogP contribution in [-0.4, -0.2) is 38.4 Å². The van der Waals surface area contributed by atoms with Crippen LogP contribution in [0.4, 0.5) is 13.9 Å². The number of hydrogen-bond acceptors (Lipinski definition) is 5. The van der Waals surface area contributed by atoms with Gasteiger partial charge in [0.15, 0.2) is 16.7 Å². The van der Waals surface area contributed by atoms with E-state index in [4.69, 9.17) is 9.47 Å². The van der Waals surface area contributed by atoms with Gasteiger partial charge in [-0.2, -0.15) is 4.39 Å². The molecule has 21 heavy (non-hydrogen) atoms. The Hall–Kier alpha value is -1.73. The number of ether oxygens (including phenoxy) is 2. The molecular formula is C14H14F2N2O2S. The van der Waals surface area contributed by atoms with Gasteiger partial charge in [-0.3, -0.25) is 0 Å². The molecule has 2 heterocycles. The molecule has 1 saturated heterocycles. The summed E-state index contributed by atoms with van der Waals surface area (Å²) >= 11 is 1.47. The van der Waals surface area contributed by atoms with Gasteiger partial charge in [0, 0.05) is 24.0 Å². The largest absolute Gasteiger partial charge is 0.493 e. The number of nitrogens with zero attached hydrogens (tertiary/aromatic N) is 2. The van der Waals surface area contributed by atoms with Crippen LogP contribution in [0, 0.1) is 11.6 Å². The van der Waals surface area contributed by atoms with Crippen molar-refractivity contribution in [3.05, 3.63) is 29.1 Å². The Kier molecular flexibility index (Phi) is 4.03. The van der Waals surface area contributed by atoms with Crippen LogP contribution in [0.1, 0.15) is 0 Å². The van der Waals surface area contributed by atoms with E-state index in [1.807, 2.05) is 5.38 Å². The maximum atomic E-state index is 13.8. The second kappa shape index (κ2) is 5.95. The number of hydrogen-bond donors (Lipinski definition) is 0. The fraction of sp³-hybridized carbons (Fsp3) is 0.357. The molecule has 1 aromatic heterocycles. The van der Waals surface area contributed by atoms with Gasteiger partial charge in [-0.25, -0.2) is 9.37 Å². The summed E-state index contributed by atoms with van der Waals surface area (Å²) in [6.07, 6.45) is 0. The van der Waals surface area contributed by atoms with E-state index in [-0.39, 0.29) is 5.75 Å². The first kappa shape index (κ1) is 14.2. The summed E-state index contributed by atoms with van der Waals surface area (Å²) in [5.74, 6) is -2.04. The first-order valence-electron chi connectivity index (χ1n) is 6.51. The van der Waals surface area contributed by atoms with Crippen LogP contribution in [0.3, 0.4) is 0 Å². The summed E-state index contributed by atoms with van der Waals surface area (Å²) in [5, 5.41) is 2.67. The third-order valence-electron chi connectivity index (χ3n) is 3.30. The number of methoxy groups -OCH3 is 1. The van der Waals surface area contributed by atoms with Gasteiger partial charge in [-0.05, 0) is 12.1 Å². The highest BCUT2D eigenvalue weighted by molar-refractivity contribution is 7.14. The smallest absolute Gasteiger partial charge is 0.201 e. The molecule has 0 atom stereocenters. The topological polar surface area (TPSA) is 34.6 Å². The summed E-state index contributed by atoms with van der Waals surface area (Å²) in [6.45, 7) is 2.90. The van der Waals surface area contributed by atoms with E-state index in [0.717, 1.165) is 24.3 Å². The fourth-order valence-electron chi connectivity index (χ4n) is 2.22. The zero-order valence-corrected chi connectivity index (χ0v) is 12.3. The second-order valence-corrected chi connectivity index (χ2v) is 5.39. The molecule has 0 aliphatic carbocycles. The molecule has 4 nitrogen and oxygen atoms in total. The van der Waals surface area contributed by atoms with Gasteiger partial charge in [-0.1, -0.05) is 0 Å². The third kappa shape index (κ3) is 2.71. The summed E-state index contributed by atoms with van der Waals surface area (Å²) < 4.78 is 37.3. The highest BCUT2D eigenvalue weighted by atomic mass is 32.1. The monoisotopic (exact) mass is 312 g/mol. The summed E-state index contributed by atoms with van der Waals surface area (Å²) in [4.78, 5) is 6.62. The van der Waals surface area contributed by atoms with E-state index in [9.17, 15) is 8.78 Å². The lowest BCUT2D eigenvalue weighted by atomic mass is 10.1. The van der Waals surface area contributed by atoms with Crippen molar-refractivity contribution in [3.63, 3.8) is 0 Å². The van der Waals surface area contributed by atoms with Crippen molar-refractivity contribution in [2.75, 3.05) is 38.3 Å². The molecule has 0 saturated carbocycles. The lowest BCUT2D eigenvalue weighted by molar-refractivity contribution is 0.122. The lowest BCUT2D eigenvalue weighted by Crippen LogP contribution is -2.36. The summed E-state index contributed by atoms with van der Waals surface area (Å²) in [7, 11) is 1.32. The quantitative estimate of drug-likeness (QED) is 0.873. The van der Waals surface area contributed by atoms with Gasteiger partial charge < -0.3 is 14.4 Å². The predicted octanol–water partition coefficient (Wildman–Crippen LogP) is 2.93. The molecule has 0 spiro atoms. The van der Waals surface area contributed by atoms with Crippen molar-refractivity contribution in [2.24, 2.45) is 0 Å². The maximum absolute atomic E-state index is 13.8. The minimum absolute atomic E-state index is 0.117. The van der Waals surface area contributed by atoms with Crippen molar-refractivity contribution in [2.45, 2.75) is 0 Å². The van der Waals surface area contributed by atoms with Crippen molar-refractivity contribution in [1.82, 2.24) is 4.98 Å². The van der Waals surface area contributed by atoms with Gasteiger partial charge in [0.2, 0.25) is 5.82 Å². The number of aromatic nitrogens is 1. The van der Waals surface area contributed by atoms with Crippen LogP contribution in [0.15, 0.2) is 17.5 Å². The Morgan fingerprint density at radius 2 is 2.05 bits per heavy atom. The number of anilines is 1. The van der Waals surface area contributed by atoms with Crippen LogP contribution >= 0.6 is 11.3 Å². The van der Waals surface area contributed by atoms with E-state index < -0.39 is 11.6 Å². The van der Waals surface area contributed by atoms with Crippen LogP contribution in [0.2, 0.25) is 0 Å². The molecule has 1 aliphatic rings. The first-order valence-corrected chi connectivity index (χ1v) is 7.39. The summed E-state index contributed by atoms with van der Waals surface area (Å²) in [5.41, 5.74) is 1.03. The molecule has 0 unspecified atom stereocenters. The SMILES string of the molecule is COc1c(-c2csc(N3CCOCC3)n2)ccc(F)c1F. The normalized spacial score (nSPS) is 15.3. The number of morpholine rings is 1. The van der Waals surface area contributed by atoms with Crippen molar-refractivity contribution >= 4 is 16.5 Å². The number of halogens is 2. The highest BCUT2D eigenvalue weighted by Crippen LogP contribution is 2.36. The molecule has 2 aromatic rings. The molecule has 1 aliphatic heterocycles. The Balaban J connectivity index is 1.94. The zero-order chi connectivity index (χ0) is 14.8. The fourth-order valence-corrected chi connectivity index (χ4v) is 3.10. The number of rotatable bonds is 3. The molecule has 1 aromatic carbocycles. The lowest BCUT2D eigenvalue weighted by Gasteiger charge is -2.26. The van der Waals surface area contributed by atoms with Gasteiger partial charge in [-0.15, -0.1) is 11.3 Å². The molecule has 7 heteroatoms. The standard InChI is InChI=1S/C14H14F2N2O2S/c1-19-13-9(2-3-10(15)12(13)16)11-8-21-14(17-11)18-4-6-20-7-5-18/h2-3,8H,4-7H2,1H3. The van der Waals surface area contributed by atoms with E-state index in [1.165, 1.54) is 24.5 Å². The van der Waals surface area contributed by atoms with Gasteiger partial charge in [0.1, 0.15) is 0 Å². The minimum Gasteiger partial charge on any atom is -0.493 e. The second-order valence-electron chi connectivity index (χ2n) is 4.56. The van der Waals surface area contributed by atoms with E-state index in [1.54, 1.807) is 0 Å². The van der Waals surface area contributed by atoms with Crippen molar-refractivity contribution < 1.29 is 18.3 Å². The molecule has 0 amide bonds. The molecule has 0 radical (unpaired) electrons. The minimum atomic E-state index is -0.990. The first-order chi connectivity index (χ1) is 10.2. The van der Waals surface area contributed by atoms with E-state index in [0.29, 0.717) is 24.5 Å². The average molecular weight is 312 g/mol. The Morgan fingerprint density at radius 1 is 1.29 bits per heavy atom. The molecular weight excluding hydrogens is 298 g/mol. The Morgan fingerprint density at radius 3 is 2.76 bits per heavy atom. The molecule has 0 bridgehead atoms. The van der Waals surface area contributed by atoms with Crippen LogP contribution in [0.5, 0.6) is 5.75 Å². The Bertz CT molecular complexity index is 642. The average Bonchev–Trinajstić information content (AvgIpc) is 3.00. The molecule has 112 valence electrons. The van der Waals surface area contributed by atoms with Crippen molar-refractivity contribution in [1.29, 1.82) is 0 Å². The van der Waals surface area contributed by atoms with Gasteiger partial charge >= 0.3 is 0 Å². The number of benzene rings is 1. The molecule has 3 rings (SSSR count). The van der Waals surface area contributed by atoms with Crippen LogP contribution < -0.4 is 9.64 Å². The van der Waals surface area contributed by atoms with Crippen LogP contribution in [-0.2, 0) is 4.74 Å². The predicted molar refractivity (Wildman–Crippen MR) is 77.1 cm³/mol. The molecule has 0 N–H and O–H groups in total. The van der Waals surface area contributed by atoms with Crippen molar-refractivity contribution in [3.8, 4) is 17.0 Å². The van der Waals surface area contributed by atoms with E-state index in [2.05, 4.69) is 9.88 Å². The summed E-state index contributed by atoms with van der Waals surface area (Å²) in [6, 6.07) is 2.57. The zero-order valence-electron chi connectivity index (χ0n) is 11.4. The molecule has 1 fully saturated rings. The number of thiazole rings is 1. The third-order valence-corrected chi connectivity index (χ3v) is 4.21. The van der Waals surface area contributed by atoms with Gasteiger partial charge in [0.05, 0.1) is 26.0 Å². The van der Waals surface area contributed by atoms with E-state index >= 15 is 0 Å². The van der Waals surface area contributed by atoms with Gasteiger partial charge in [0.25, 0.3) is 0 Å².